The van der Waals surface area contributed by atoms with Crippen LogP contribution in [0.5, 0.6) is 0 Å². The Balaban J connectivity index is 1.53. The van der Waals surface area contributed by atoms with Gasteiger partial charge < -0.3 is 4.90 Å². The van der Waals surface area contributed by atoms with Gasteiger partial charge in [-0.2, -0.15) is 0 Å². The lowest BCUT2D eigenvalue weighted by Gasteiger charge is -2.34. The predicted molar refractivity (Wildman–Crippen MR) is 79.3 cm³/mol. The Labute approximate surface area is 121 Å². The quantitative estimate of drug-likeness (QED) is 0.799. The molecule has 0 unspecified atom stereocenters. The lowest BCUT2D eigenvalue weighted by Crippen LogP contribution is -2.48. The molecule has 0 atom stereocenters. The third-order valence-corrected chi connectivity index (χ3v) is 4.28. The first kappa shape index (κ1) is 13.2. The number of thiophene rings is 1. The molecule has 20 heavy (non-hydrogen) atoms. The molecule has 5 nitrogen and oxygen atoms in total. The van der Waals surface area contributed by atoms with Crippen molar-refractivity contribution in [2.45, 2.75) is 0 Å². The van der Waals surface area contributed by atoms with Gasteiger partial charge in [-0.1, -0.05) is 6.07 Å². The lowest BCUT2D eigenvalue weighted by molar-refractivity contribution is 0.0930. The molecule has 0 bridgehead atoms. The molecule has 6 heteroatoms. The van der Waals surface area contributed by atoms with Crippen LogP contribution >= 0.6 is 11.3 Å². The van der Waals surface area contributed by atoms with Crippen molar-refractivity contribution in [1.29, 1.82) is 0 Å². The number of hydrogen-bond acceptors (Lipinski definition) is 6. The molecule has 0 aliphatic carbocycles. The summed E-state index contributed by atoms with van der Waals surface area (Å²) in [6, 6.07) is 5.63. The van der Waals surface area contributed by atoms with E-state index in [1.54, 1.807) is 12.4 Å². The highest BCUT2D eigenvalue weighted by Crippen LogP contribution is 2.13. The molecule has 3 heterocycles. The molecule has 0 aromatic carbocycles. The summed E-state index contributed by atoms with van der Waals surface area (Å²) < 4.78 is 0. The minimum absolute atomic E-state index is 0.212. The van der Waals surface area contributed by atoms with Crippen molar-refractivity contribution in [2.75, 3.05) is 37.6 Å². The summed E-state index contributed by atoms with van der Waals surface area (Å²) in [5.74, 6) is 0.987. The number of piperazine rings is 1. The fourth-order valence-corrected chi connectivity index (χ4v) is 2.94. The van der Waals surface area contributed by atoms with Crippen molar-refractivity contribution in [3.05, 3.63) is 40.8 Å². The zero-order chi connectivity index (χ0) is 13.8. The fraction of sp³-hybridized carbons (Fsp3) is 0.357. The standard InChI is InChI=1S/C14H16N4OS/c19-12(13-3-1-10-20-13)11-17-6-8-18(9-7-17)14-15-4-2-5-16-14/h1-5,10H,6-9,11H2. The average Bonchev–Trinajstić information content (AvgIpc) is 3.03. The third kappa shape index (κ3) is 3.02. The van der Waals surface area contributed by atoms with Crippen molar-refractivity contribution in [3.63, 3.8) is 0 Å². The van der Waals surface area contributed by atoms with E-state index in [2.05, 4.69) is 19.8 Å². The molecule has 0 radical (unpaired) electrons. The second-order valence-electron chi connectivity index (χ2n) is 4.71. The van der Waals surface area contributed by atoms with Crippen LogP contribution in [-0.4, -0.2) is 53.4 Å². The van der Waals surface area contributed by atoms with Crippen LogP contribution in [0.25, 0.3) is 0 Å². The molecule has 1 aliphatic heterocycles. The van der Waals surface area contributed by atoms with Gasteiger partial charge in [-0.05, 0) is 17.5 Å². The predicted octanol–water partition coefficient (Wildman–Crippen LogP) is 1.54. The Morgan fingerprint density at radius 3 is 2.55 bits per heavy atom. The second-order valence-corrected chi connectivity index (χ2v) is 5.66. The smallest absolute Gasteiger partial charge is 0.225 e. The van der Waals surface area contributed by atoms with Crippen LogP contribution in [0.1, 0.15) is 9.67 Å². The summed E-state index contributed by atoms with van der Waals surface area (Å²) in [5, 5.41) is 1.94. The van der Waals surface area contributed by atoms with Crippen molar-refractivity contribution >= 4 is 23.1 Å². The van der Waals surface area contributed by atoms with Gasteiger partial charge in [0.15, 0.2) is 5.78 Å². The van der Waals surface area contributed by atoms with E-state index in [9.17, 15) is 4.79 Å². The summed E-state index contributed by atoms with van der Waals surface area (Å²) in [6.07, 6.45) is 3.52. The van der Waals surface area contributed by atoms with Gasteiger partial charge >= 0.3 is 0 Å². The first-order valence-electron chi connectivity index (χ1n) is 6.64. The van der Waals surface area contributed by atoms with Crippen LogP contribution in [0.2, 0.25) is 0 Å². The molecule has 0 spiro atoms. The minimum Gasteiger partial charge on any atom is -0.338 e. The molecule has 0 amide bonds. The molecular formula is C14H16N4OS. The maximum absolute atomic E-state index is 12.1. The lowest BCUT2D eigenvalue weighted by atomic mass is 10.2. The van der Waals surface area contributed by atoms with Gasteiger partial charge in [-0.3, -0.25) is 9.69 Å². The van der Waals surface area contributed by atoms with Gasteiger partial charge in [0.25, 0.3) is 0 Å². The Hall–Kier alpha value is -1.79. The van der Waals surface area contributed by atoms with Crippen molar-refractivity contribution < 1.29 is 4.79 Å². The number of rotatable bonds is 4. The van der Waals surface area contributed by atoms with Crippen LogP contribution in [0.3, 0.4) is 0 Å². The van der Waals surface area contributed by atoms with Gasteiger partial charge in [0, 0.05) is 38.6 Å². The normalized spacial score (nSPS) is 16.3. The molecule has 3 rings (SSSR count). The molecule has 104 valence electrons. The van der Waals surface area contributed by atoms with Crippen molar-refractivity contribution in [3.8, 4) is 0 Å². The third-order valence-electron chi connectivity index (χ3n) is 3.37. The maximum Gasteiger partial charge on any atom is 0.225 e. The number of ketones is 1. The molecule has 0 N–H and O–H groups in total. The average molecular weight is 288 g/mol. The number of carbonyl (C=O) groups is 1. The largest absolute Gasteiger partial charge is 0.338 e. The summed E-state index contributed by atoms with van der Waals surface area (Å²) in [7, 11) is 0. The Morgan fingerprint density at radius 1 is 1.15 bits per heavy atom. The van der Waals surface area contributed by atoms with Gasteiger partial charge in [0.05, 0.1) is 11.4 Å². The highest BCUT2D eigenvalue weighted by Gasteiger charge is 2.21. The molecule has 2 aromatic heterocycles. The maximum atomic E-state index is 12.1. The van der Waals surface area contributed by atoms with E-state index in [-0.39, 0.29) is 5.78 Å². The molecule has 0 saturated carbocycles. The molecule has 2 aromatic rings. The van der Waals surface area contributed by atoms with Crippen LogP contribution in [0.4, 0.5) is 5.95 Å². The summed E-state index contributed by atoms with van der Waals surface area (Å²) in [5.41, 5.74) is 0. The Bertz CT molecular complexity index is 550. The summed E-state index contributed by atoms with van der Waals surface area (Å²) >= 11 is 1.51. The van der Waals surface area contributed by atoms with E-state index in [0.717, 1.165) is 37.0 Å². The van der Waals surface area contributed by atoms with Crippen molar-refractivity contribution in [1.82, 2.24) is 14.9 Å². The topological polar surface area (TPSA) is 49.3 Å². The number of carbonyl (C=O) groups excluding carboxylic acids is 1. The Kier molecular flexibility index (Phi) is 4.03. The minimum atomic E-state index is 0.212. The number of Topliss-reactive ketones (excluding diaryl/α,β-unsaturated/α-hetero) is 1. The van der Waals surface area contributed by atoms with Gasteiger partial charge in [0.1, 0.15) is 0 Å². The monoisotopic (exact) mass is 288 g/mol. The highest BCUT2D eigenvalue weighted by atomic mass is 32.1. The van der Waals surface area contributed by atoms with E-state index in [1.165, 1.54) is 11.3 Å². The van der Waals surface area contributed by atoms with Crippen LogP contribution in [0.15, 0.2) is 36.0 Å². The van der Waals surface area contributed by atoms with E-state index in [4.69, 9.17) is 0 Å². The van der Waals surface area contributed by atoms with Gasteiger partial charge in [-0.25, -0.2) is 9.97 Å². The van der Waals surface area contributed by atoms with Crippen LogP contribution in [0, 0.1) is 0 Å². The van der Waals surface area contributed by atoms with E-state index < -0.39 is 0 Å². The Morgan fingerprint density at radius 2 is 1.90 bits per heavy atom. The molecular weight excluding hydrogens is 272 g/mol. The molecule has 1 fully saturated rings. The van der Waals surface area contributed by atoms with E-state index in [0.29, 0.717) is 6.54 Å². The van der Waals surface area contributed by atoms with Crippen LogP contribution in [-0.2, 0) is 0 Å². The van der Waals surface area contributed by atoms with E-state index in [1.807, 2.05) is 23.6 Å². The summed E-state index contributed by atoms with van der Waals surface area (Å²) in [4.78, 5) is 25.8. The number of hydrogen-bond donors (Lipinski definition) is 0. The molecule has 1 saturated heterocycles. The molecule has 1 aliphatic rings. The number of anilines is 1. The number of aromatic nitrogens is 2. The highest BCUT2D eigenvalue weighted by molar-refractivity contribution is 7.12. The van der Waals surface area contributed by atoms with Crippen molar-refractivity contribution in [2.24, 2.45) is 0 Å². The van der Waals surface area contributed by atoms with Gasteiger partial charge in [0.2, 0.25) is 5.95 Å². The van der Waals surface area contributed by atoms with Crippen LogP contribution < -0.4 is 4.90 Å². The summed E-state index contributed by atoms with van der Waals surface area (Å²) in [6.45, 7) is 3.97. The SMILES string of the molecule is O=C(CN1CCN(c2ncccn2)CC1)c1cccs1. The first-order valence-corrected chi connectivity index (χ1v) is 7.52. The zero-order valence-corrected chi connectivity index (χ0v) is 11.9. The van der Waals surface area contributed by atoms with Gasteiger partial charge in [-0.15, -0.1) is 11.3 Å². The first-order chi connectivity index (χ1) is 9.83. The second kappa shape index (κ2) is 6.11. The van der Waals surface area contributed by atoms with E-state index >= 15 is 0 Å². The zero-order valence-electron chi connectivity index (χ0n) is 11.1. The fourth-order valence-electron chi connectivity index (χ4n) is 2.28. The number of nitrogens with zero attached hydrogens (tertiary/aromatic N) is 4.